The van der Waals surface area contributed by atoms with Crippen LogP contribution in [0.5, 0.6) is 5.75 Å². The zero-order chi connectivity index (χ0) is 14.5. The van der Waals surface area contributed by atoms with E-state index in [9.17, 15) is 0 Å². The van der Waals surface area contributed by atoms with E-state index in [2.05, 4.69) is 17.1 Å². The summed E-state index contributed by atoms with van der Waals surface area (Å²) in [6, 6.07) is 8.54. The minimum absolute atomic E-state index is 0.268. The molecule has 0 fully saturated rings. The summed E-state index contributed by atoms with van der Waals surface area (Å²) >= 11 is 0. The number of hydrogen-bond donors (Lipinski definition) is 0. The molecule has 0 saturated heterocycles. The van der Waals surface area contributed by atoms with Crippen LogP contribution in [0.25, 0.3) is 0 Å². The van der Waals surface area contributed by atoms with Crippen LogP contribution in [0.1, 0.15) is 31.2 Å². The fourth-order valence-electron chi connectivity index (χ4n) is 1.65. The molecule has 0 aliphatic rings. The number of ether oxygens (including phenoxy) is 1. The highest BCUT2D eigenvalue weighted by molar-refractivity contribution is 5.27. The van der Waals surface area contributed by atoms with Gasteiger partial charge in [-0.05, 0) is 19.1 Å². The third-order valence-corrected chi connectivity index (χ3v) is 2.99. The highest BCUT2D eigenvalue weighted by atomic mass is 16.5. The SMILES string of the molecule is Cc1ccc(OCCN(C)c2nc(C(C)C)no2)cc1. The molecule has 2 aromatic rings. The fraction of sp³-hybridized carbons (Fsp3) is 0.467. The Hall–Kier alpha value is -2.04. The van der Waals surface area contributed by atoms with Crippen molar-refractivity contribution in [2.24, 2.45) is 0 Å². The van der Waals surface area contributed by atoms with Crippen molar-refractivity contribution >= 4 is 6.01 Å². The first-order chi connectivity index (χ1) is 9.56. The lowest BCUT2D eigenvalue weighted by atomic mass is 10.2. The maximum absolute atomic E-state index is 5.68. The molecule has 0 unspecified atom stereocenters. The molecule has 0 bridgehead atoms. The van der Waals surface area contributed by atoms with Gasteiger partial charge in [0.1, 0.15) is 12.4 Å². The molecule has 0 atom stereocenters. The van der Waals surface area contributed by atoms with Crippen LogP contribution < -0.4 is 9.64 Å². The number of rotatable bonds is 6. The molecule has 20 heavy (non-hydrogen) atoms. The molecule has 108 valence electrons. The first-order valence-corrected chi connectivity index (χ1v) is 6.80. The fourth-order valence-corrected chi connectivity index (χ4v) is 1.65. The van der Waals surface area contributed by atoms with Crippen molar-refractivity contribution in [1.29, 1.82) is 0 Å². The molecule has 2 rings (SSSR count). The normalized spacial score (nSPS) is 10.8. The van der Waals surface area contributed by atoms with Gasteiger partial charge in [0.2, 0.25) is 0 Å². The molecule has 0 aliphatic carbocycles. The number of nitrogens with zero attached hydrogens (tertiary/aromatic N) is 3. The van der Waals surface area contributed by atoms with E-state index in [1.165, 1.54) is 5.56 Å². The van der Waals surface area contributed by atoms with Gasteiger partial charge < -0.3 is 14.2 Å². The molecule has 5 nitrogen and oxygen atoms in total. The van der Waals surface area contributed by atoms with Gasteiger partial charge in [-0.1, -0.05) is 36.7 Å². The van der Waals surface area contributed by atoms with Crippen LogP contribution in [0, 0.1) is 6.92 Å². The Morgan fingerprint density at radius 2 is 1.95 bits per heavy atom. The van der Waals surface area contributed by atoms with Gasteiger partial charge in [-0.3, -0.25) is 0 Å². The van der Waals surface area contributed by atoms with Crippen molar-refractivity contribution in [2.75, 3.05) is 25.1 Å². The second kappa shape index (κ2) is 6.41. The summed E-state index contributed by atoms with van der Waals surface area (Å²) < 4.78 is 10.9. The molecule has 0 saturated carbocycles. The van der Waals surface area contributed by atoms with E-state index in [1.54, 1.807) is 0 Å². The van der Waals surface area contributed by atoms with Gasteiger partial charge in [-0.15, -0.1) is 0 Å². The standard InChI is InChI=1S/C15H21N3O2/c1-11(2)14-16-15(20-17-14)18(4)9-10-19-13-7-5-12(3)6-8-13/h5-8,11H,9-10H2,1-4H3. The van der Waals surface area contributed by atoms with E-state index >= 15 is 0 Å². The van der Waals surface area contributed by atoms with Crippen LogP contribution in [0.15, 0.2) is 28.8 Å². The number of benzene rings is 1. The summed E-state index contributed by atoms with van der Waals surface area (Å²) in [7, 11) is 1.91. The van der Waals surface area contributed by atoms with Crippen molar-refractivity contribution in [3.05, 3.63) is 35.7 Å². The molecule has 0 amide bonds. The van der Waals surface area contributed by atoms with Crippen molar-refractivity contribution < 1.29 is 9.26 Å². The van der Waals surface area contributed by atoms with Gasteiger partial charge in [-0.2, -0.15) is 4.98 Å². The zero-order valence-corrected chi connectivity index (χ0v) is 12.5. The van der Waals surface area contributed by atoms with Gasteiger partial charge in [-0.25, -0.2) is 0 Å². The topological polar surface area (TPSA) is 51.4 Å². The first-order valence-electron chi connectivity index (χ1n) is 6.80. The van der Waals surface area contributed by atoms with Crippen molar-refractivity contribution in [2.45, 2.75) is 26.7 Å². The second-order valence-electron chi connectivity index (χ2n) is 5.17. The molecule has 1 aromatic heterocycles. The molecule has 1 heterocycles. The molecule has 0 radical (unpaired) electrons. The Kier molecular flexibility index (Phi) is 4.61. The number of aromatic nitrogens is 2. The van der Waals surface area contributed by atoms with Crippen molar-refractivity contribution in [3.8, 4) is 5.75 Å². The molecular weight excluding hydrogens is 254 g/mol. The molecule has 0 N–H and O–H groups in total. The van der Waals surface area contributed by atoms with Gasteiger partial charge in [0.15, 0.2) is 5.82 Å². The Labute approximate surface area is 119 Å². The average Bonchev–Trinajstić information content (AvgIpc) is 2.91. The van der Waals surface area contributed by atoms with Crippen LogP contribution in [0.4, 0.5) is 6.01 Å². The lowest BCUT2D eigenvalue weighted by Crippen LogP contribution is -2.24. The van der Waals surface area contributed by atoms with Gasteiger partial charge in [0.25, 0.3) is 0 Å². The molecule has 0 aliphatic heterocycles. The lowest BCUT2D eigenvalue weighted by molar-refractivity contribution is 0.319. The van der Waals surface area contributed by atoms with E-state index in [4.69, 9.17) is 9.26 Å². The second-order valence-corrected chi connectivity index (χ2v) is 5.17. The third-order valence-electron chi connectivity index (χ3n) is 2.99. The van der Waals surface area contributed by atoms with Gasteiger partial charge in [0.05, 0.1) is 6.54 Å². The Morgan fingerprint density at radius 3 is 2.55 bits per heavy atom. The van der Waals surface area contributed by atoms with E-state index in [1.807, 2.05) is 50.1 Å². The number of anilines is 1. The Bertz CT molecular complexity index is 534. The summed E-state index contributed by atoms with van der Waals surface area (Å²) in [5.41, 5.74) is 1.22. The first kappa shape index (κ1) is 14.4. The van der Waals surface area contributed by atoms with Crippen LogP contribution in [-0.2, 0) is 0 Å². The minimum Gasteiger partial charge on any atom is -0.492 e. The van der Waals surface area contributed by atoms with E-state index in [0.29, 0.717) is 19.2 Å². The third kappa shape index (κ3) is 3.73. The average molecular weight is 275 g/mol. The van der Waals surface area contributed by atoms with Crippen LogP contribution in [0.2, 0.25) is 0 Å². The molecular formula is C15H21N3O2. The number of likely N-dealkylation sites (N-methyl/N-ethyl adjacent to an activating group) is 1. The summed E-state index contributed by atoms with van der Waals surface area (Å²) in [4.78, 5) is 6.24. The van der Waals surface area contributed by atoms with Crippen molar-refractivity contribution in [1.82, 2.24) is 10.1 Å². The van der Waals surface area contributed by atoms with E-state index in [-0.39, 0.29) is 5.92 Å². The highest BCUT2D eigenvalue weighted by Gasteiger charge is 2.12. The monoisotopic (exact) mass is 275 g/mol. The Morgan fingerprint density at radius 1 is 1.25 bits per heavy atom. The summed E-state index contributed by atoms with van der Waals surface area (Å²) in [6.45, 7) is 7.39. The molecule has 5 heteroatoms. The molecule has 0 spiro atoms. The zero-order valence-electron chi connectivity index (χ0n) is 12.5. The predicted octanol–water partition coefficient (Wildman–Crippen LogP) is 3.02. The van der Waals surface area contributed by atoms with Crippen LogP contribution in [0.3, 0.4) is 0 Å². The minimum atomic E-state index is 0.268. The maximum atomic E-state index is 5.68. The summed E-state index contributed by atoms with van der Waals surface area (Å²) in [6.07, 6.45) is 0. The lowest BCUT2D eigenvalue weighted by Gasteiger charge is -2.14. The van der Waals surface area contributed by atoms with Gasteiger partial charge >= 0.3 is 6.01 Å². The van der Waals surface area contributed by atoms with E-state index < -0.39 is 0 Å². The number of hydrogen-bond acceptors (Lipinski definition) is 5. The highest BCUT2D eigenvalue weighted by Crippen LogP contribution is 2.15. The van der Waals surface area contributed by atoms with Gasteiger partial charge in [0, 0.05) is 13.0 Å². The number of aryl methyl sites for hydroxylation is 1. The summed E-state index contributed by atoms with van der Waals surface area (Å²) in [5.74, 6) is 1.87. The van der Waals surface area contributed by atoms with E-state index in [0.717, 1.165) is 11.6 Å². The summed E-state index contributed by atoms with van der Waals surface area (Å²) in [5, 5.41) is 3.94. The smallest absolute Gasteiger partial charge is 0.323 e. The quantitative estimate of drug-likeness (QED) is 0.811. The predicted molar refractivity (Wildman–Crippen MR) is 78.3 cm³/mol. The Balaban J connectivity index is 1.82. The largest absolute Gasteiger partial charge is 0.492 e. The maximum Gasteiger partial charge on any atom is 0.323 e. The molecule has 1 aromatic carbocycles. The van der Waals surface area contributed by atoms with Crippen LogP contribution >= 0.6 is 0 Å². The van der Waals surface area contributed by atoms with Crippen LogP contribution in [-0.4, -0.2) is 30.3 Å². The van der Waals surface area contributed by atoms with Crippen molar-refractivity contribution in [3.63, 3.8) is 0 Å².